The number of hydrogen-bond acceptors (Lipinski definition) is 2. The molecule has 1 aliphatic carbocycles. The lowest BCUT2D eigenvalue weighted by atomic mass is 9.74. The molecule has 0 aromatic carbocycles. The minimum atomic E-state index is 0.189. The molecular weight excluding hydrogens is 266 g/mol. The highest BCUT2D eigenvalue weighted by molar-refractivity contribution is 6.37. The number of pyridine rings is 1. The highest BCUT2D eigenvalue weighted by Crippen LogP contribution is 2.45. The first kappa shape index (κ1) is 15.0. The molecule has 3 rings (SSSR count). The Bertz CT molecular complexity index is 689. The molecule has 4 radical (unpaired) electrons. The standard InChI is InChI=1S/C18H18B2N2/c1-3-6-11(7-4-2)16-13-9-5-8-12(13)14-10-15(19)21-18(20)17(14)22-16/h3-8,10,12-13,16,22H,1,9H2,2H3/b7-4-,11-6+. The van der Waals surface area contributed by atoms with Crippen LogP contribution < -0.4 is 16.5 Å². The van der Waals surface area contributed by atoms with E-state index in [1.165, 1.54) is 5.57 Å². The minimum absolute atomic E-state index is 0.189. The SMILES string of the molecule is [B]c1cc2c(c([B])n1)NC(C(/C=C\C)=C/C=C)C1CC=CC21. The van der Waals surface area contributed by atoms with Crippen LogP contribution >= 0.6 is 0 Å². The van der Waals surface area contributed by atoms with E-state index in [9.17, 15) is 0 Å². The van der Waals surface area contributed by atoms with Gasteiger partial charge in [-0.2, -0.15) is 0 Å². The normalized spacial score (nSPS) is 26.6. The van der Waals surface area contributed by atoms with Crippen molar-refractivity contribution < 1.29 is 0 Å². The zero-order valence-corrected chi connectivity index (χ0v) is 12.8. The van der Waals surface area contributed by atoms with Gasteiger partial charge < -0.3 is 5.32 Å². The van der Waals surface area contributed by atoms with Gasteiger partial charge >= 0.3 is 0 Å². The van der Waals surface area contributed by atoms with Crippen molar-refractivity contribution in [2.45, 2.75) is 25.3 Å². The molecule has 3 atom stereocenters. The zero-order chi connectivity index (χ0) is 15.7. The third kappa shape index (κ3) is 2.47. The number of nitrogens with zero attached hydrogens (tertiary/aromatic N) is 1. The highest BCUT2D eigenvalue weighted by atomic mass is 15.0. The lowest BCUT2D eigenvalue weighted by molar-refractivity contribution is 0.455. The maximum absolute atomic E-state index is 6.10. The number of anilines is 1. The summed E-state index contributed by atoms with van der Waals surface area (Å²) in [5.41, 5.74) is 4.21. The smallest absolute Gasteiger partial charge is 0.144 e. The Labute approximate surface area is 134 Å². The molecular formula is C18H18B2N2. The summed E-state index contributed by atoms with van der Waals surface area (Å²) < 4.78 is 0. The second-order valence-corrected chi connectivity index (χ2v) is 5.77. The predicted octanol–water partition coefficient (Wildman–Crippen LogP) is 1.81. The number of rotatable bonds is 3. The lowest BCUT2D eigenvalue weighted by Crippen LogP contribution is -2.41. The molecule has 2 aliphatic rings. The van der Waals surface area contributed by atoms with E-state index in [0.29, 0.717) is 23.0 Å². The van der Waals surface area contributed by atoms with Crippen LogP contribution in [-0.4, -0.2) is 26.7 Å². The van der Waals surface area contributed by atoms with Gasteiger partial charge in [0.2, 0.25) is 0 Å². The summed E-state index contributed by atoms with van der Waals surface area (Å²) in [6, 6.07) is 2.13. The highest BCUT2D eigenvalue weighted by Gasteiger charge is 2.38. The number of fused-ring (bicyclic) bond motifs is 3. The summed E-state index contributed by atoms with van der Waals surface area (Å²) in [5.74, 6) is 0.781. The number of hydrogen-bond donors (Lipinski definition) is 1. The molecule has 1 aliphatic heterocycles. The average molecular weight is 284 g/mol. The monoisotopic (exact) mass is 284 g/mol. The van der Waals surface area contributed by atoms with Gasteiger partial charge in [-0.25, -0.2) is 0 Å². The van der Waals surface area contributed by atoms with Crippen LogP contribution in [0.5, 0.6) is 0 Å². The van der Waals surface area contributed by atoms with Crippen LogP contribution in [0.1, 0.15) is 24.8 Å². The van der Waals surface area contributed by atoms with Crippen molar-refractivity contribution in [3.63, 3.8) is 0 Å². The van der Waals surface area contributed by atoms with E-state index in [0.717, 1.165) is 17.7 Å². The minimum Gasteiger partial charge on any atom is -0.377 e. The van der Waals surface area contributed by atoms with Gasteiger partial charge in [0.1, 0.15) is 15.7 Å². The molecule has 1 aromatic rings. The second kappa shape index (κ2) is 6.04. The molecule has 22 heavy (non-hydrogen) atoms. The van der Waals surface area contributed by atoms with Crippen molar-refractivity contribution in [3.05, 3.63) is 60.2 Å². The summed E-state index contributed by atoms with van der Waals surface area (Å²) in [4.78, 5) is 4.20. The van der Waals surface area contributed by atoms with E-state index < -0.39 is 0 Å². The third-order valence-electron chi connectivity index (χ3n) is 4.43. The van der Waals surface area contributed by atoms with Crippen LogP contribution in [0.25, 0.3) is 0 Å². The Balaban J connectivity index is 2.09. The first-order valence-electron chi connectivity index (χ1n) is 7.60. The largest absolute Gasteiger partial charge is 0.377 e. The van der Waals surface area contributed by atoms with E-state index >= 15 is 0 Å². The fraction of sp³-hybridized carbons (Fsp3) is 0.278. The van der Waals surface area contributed by atoms with Gasteiger partial charge in [0.05, 0.1) is 6.04 Å². The number of nitrogens with one attached hydrogen (secondary N) is 1. The maximum atomic E-state index is 6.10. The summed E-state index contributed by atoms with van der Waals surface area (Å²) in [6.07, 6.45) is 13.6. The zero-order valence-electron chi connectivity index (χ0n) is 12.8. The predicted molar refractivity (Wildman–Crippen MR) is 95.5 cm³/mol. The molecule has 1 N–H and O–H groups in total. The van der Waals surface area contributed by atoms with Gasteiger partial charge in [0.25, 0.3) is 0 Å². The van der Waals surface area contributed by atoms with Gasteiger partial charge in [0, 0.05) is 17.2 Å². The summed E-state index contributed by atoms with van der Waals surface area (Å²) >= 11 is 0. The molecule has 106 valence electrons. The Kier molecular flexibility index (Phi) is 4.10. The fourth-order valence-corrected chi connectivity index (χ4v) is 3.56. The van der Waals surface area contributed by atoms with E-state index in [1.807, 2.05) is 19.1 Å². The maximum Gasteiger partial charge on any atom is 0.144 e. The van der Waals surface area contributed by atoms with Crippen LogP contribution in [-0.2, 0) is 0 Å². The molecule has 2 heterocycles. The van der Waals surface area contributed by atoms with Gasteiger partial charge in [-0.3, -0.25) is 4.98 Å². The van der Waals surface area contributed by atoms with E-state index in [4.69, 9.17) is 15.7 Å². The van der Waals surface area contributed by atoms with Crippen molar-refractivity contribution in [2.75, 3.05) is 5.32 Å². The van der Waals surface area contributed by atoms with E-state index in [2.05, 4.69) is 47.3 Å². The van der Waals surface area contributed by atoms with Crippen molar-refractivity contribution in [1.29, 1.82) is 0 Å². The van der Waals surface area contributed by atoms with Crippen molar-refractivity contribution in [1.82, 2.24) is 4.98 Å². The lowest BCUT2D eigenvalue weighted by Gasteiger charge is -2.39. The van der Waals surface area contributed by atoms with Crippen LogP contribution in [0.15, 0.2) is 54.7 Å². The third-order valence-corrected chi connectivity index (χ3v) is 4.43. The molecule has 1 aromatic heterocycles. The second-order valence-electron chi connectivity index (χ2n) is 5.77. The molecule has 0 spiro atoms. The van der Waals surface area contributed by atoms with Gasteiger partial charge in [-0.1, -0.05) is 43.0 Å². The molecule has 4 heteroatoms. The quantitative estimate of drug-likeness (QED) is 0.520. The van der Waals surface area contributed by atoms with Crippen LogP contribution in [0.4, 0.5) is 5.69 Å². The molecule has 0 saturated heterocycles. The van der Waals surface area contributed by atoms with Crippen molar-refractivity contribution in [3.8, 4) is 0 Å². The molecule has 0 fully saturated rings. The summed E-state index contributed by atoms with van der Waals surface area (Å²) in [7, 11) is 12.0. The first-order valence-corrected chi connectivity index (χ1v) is 7.60. The Morgan fingerprint density at radius 3 is 3.00 bits per heavy atom. The van der Waals surface area contributed by atoms with Crippen molar-refractivity contribution in [2.24, 2.45) is 5.92 Å². The number of allylic oxidation sites excluding steroid dienone is 5. The average Bonchev–Trinajstić information content (AvgIpc) is 2.96. The topological polar surface area (TPSA) is 24.9 Å². The molecule has 0 saturated carbocycles. The molecule has 2 nitrogen and oxygen atoms in total. The first-order chi connectivity index (χ1) is 10.7. The Morgan fingerprint density at radius 2 is 2.27 bits per heavy atom. The number of aromatic nitrogens is 1. The summed E-state index contributed by atoms with van der Waals surface area (Å²) in [6.45, 7) is 5.85. The molecule has 3 unspecified atom stereocenters. The Morgan fingerprint density at radius 1 is 1.45 bits per heavy atom. The van der Waals surface area contributed by atoms with E-state index in [-0.39, 0.29) is 6.04 Å². The van der Waals surface area contributed by atoms with Gasteiger partial charge in [-0.15, -0.1) is 0 Å². The molecule has 0 bridgehead atoms. The Hall–Kier alpha value is -1.96. The van der Waals surface area contributed by atoms with Crippen LogP contribution in [0.3, 0.4) is 0 Å². The molecule has 0 amide bonds. The van der Waals surface area contributed by atoms with Gasteiger partial charge in [-0.05, 0) is 42.1 Å². The van der Waals surface area contributed by atoms with Crippen molar-refractivity contribution >= 4 is 32.6 Å². The van der Waals surface area contributed by atoms with Crippen LogP contribution in [0.2, 0.25) is 0 Å². The van der Waals surface area contributed by atoms with Gasteiger partial charge in [0.15, 0.2) is 0 Å². The fourth-order valence-electron chi connectivity index (χ4n) is 3.56. The van der Waals surface area contributed by atoms with E-state index in [1.54, 1.807) is 0 Å². The van der Waals surface area contributed by atoms with Crippen LogP contribution in [0, 0.1) is 5.92 Å². The summed E-state index contributed by atoms with van der Waals surface area (Å²) in [5, 5.41) is 3.58.